The molecule has 0 aromatic carbocycles. The van der Waals surface area contributed by atoms with Gasteiger partial charge in [0.1, 0.15) is 5.82 Å². The fourth-order valence-electron chi connectivity index (χ4n) is 0.663. The van der Waals surface area contributed by atoms with Gasteiger partial charge in [-0.15, -0.1) is 0 Å². The number of nitrogens with zero attached hydrogens (tertiary/aromatic N) is 3. The minimum absolute atomic E-state index is 0.0196. The van der Waals surface area contributed by atoms with Gasteiger partial charge in [0.05, 0.1) is 0 Å². The lowest BCUT2D eigenvalue weighted by Gasteiger charge is -2.10. The molecular formula is C7H11N3O3S. The maximum atomic E-state index is 11.3. The van der Waals surface area contributed by atoms with Crippen LogP contribution in [0.3, 0.4) is 0 Å². The molecule has 0 unspecified atom stereocenters. The van der Waals surface area contributed by atoms with Crippen LogP contribution in [0.4, 0.5) is 0 Å². The number of hydrogen-bond donors (Lipinski definition) is 0. The molecule has 14 heavy (non-hydrogen) atoms. The highest BCUT2D eigenvalue weighted by Gasteiger charge is 2.16. The van der Waals surface area contributed by atoms with Crippen molar-refractivity contribution in [2.45, 2.75) is 6.92 Å². The van der Waals surface area contributed by atoms with E-state index in [-0.39, 0.29) is 5.88 Å². The molecule has 0 aliphatic heterocycles. The molecule has 0 N–H and O–H groups in total. The van der Waals surface area contributed by atoms with Gasteiger partial charge in [-0.25, -0.2) is 4.98 Å². The molecule has 1 heterocycles. The first-order chi connectivity index (χ1) is 6.42. The zero-order valence-electron chi connectivity index (χ0n) is 8.13. The fourth-order valence-corrected chi connectivity index (χ4v) is 1.12. The number of aryl methyl sites for hydroxylation is 1. The molecule has 0 radical (unpaired) electrons. The normalized spacial score (nSPS) is 11.7. The monoisotopic (exact) mass is 217 g/mol. The van der Waals surface area contributed by atoms with E-state index in [2.05, 4.69) is 9.97 Å². The smallest absolute Gasteiger partial charge is 0.350 e. The van der Waals surface area contributed by atoms with Crippen LogP contribution in [0, 0.1) is 6.92 Å². The van der Waals surface area contributed by atoms with Gasteiger partial charge in [-0.2, -0.15) is 17.7 Å². The van der Waals surface area contributed by atoms with E-state index in [0.29, 0.717) is 5.82 Å². The minimum Gasteiger partial charge on any atom is -0.350 e. The lowest BCUT2D eigenvalue weighted by Crippen LogP contribution is -2.27. The van der Waals surface area contributed by atoms with Gasteiger partial charge >= 0.3 is 10.3 Å². The second-order valence-corrected chi connectivity index (χ2v) is 4.52. The Hall–Kier alpha value is -1.21. The molecule has 0 fully saturated rings. The van der Waals surface area contributed by atoms with Gasteiger partial charge < -0.3 is 4.18 Å². The Balaban J connectivity index is 2.90. The van der Waals surface area contributed by atoms with Crippen LogP contribution in [-0.2, 0) is 10.3 Å². The van der Waals surface area contributed by atoms with Crippen LogP contribution in [0.5, 0.6) is 5.88 Å². The van der Waals surface area contributed by atoms with Crippen molar-refractivity contribution < 1.29 is 12.6 Å². The summed E-state index contributed by atoms with van der Waals surface area (Å²) in [6.45, 7) is 1.65. The highest BCUT2D eigenvalue weighted by Crippen LogP contribution is 2.08. The van der Waals surface area contributed by atoms with Crippen LogP contribution in [0.2, 0.25) is 0 Å². The summed E-state index contributed by atoms with van der Waals surface area (Å²) in [6, 6.07) is 1.38. The standard InChI is InChI=1S/C7H11N3O3S/c1-6-8-5-4-7(9-6)13-14(11,12)10(2)3/h4-5H,1-3H3. The number of aromatic nitrogens is 2. The summed E-state index contributed by atoms with van der Waals surface area (Å²) in [6.07, 6.45) is 1.43. The van der Waals surface area contributed by atoms with Crippen LogP contribution < -0.4 is 4.18 Å². The molecule has 0 aliphatic carbocycles. The summed E-state index contributed by atoms with van der Waals surface area (Å²) in [4.78, 5) is 7.62. The molecule has 0 atom stereocenters. The van der Waals surface area contributed by atoms with Gasteiger partial charge in [0.25, 0.3) is 0 Å². The van der Waals surface area contributed by atoms with E-state index >= 15 is 0 Å². The molecule has 78 valence electrons. The number of hydrogen-bond acceptors (Lipinski definition) is 5. The average Bonchev–Trinajstić information content (AvgIpc) is 2.02. The van der Waals surface area contributed by atoms with E-state index in [9.17, 15) is 8.42 Å². The molecule has 0 spiro atoms. The lowest BCUT2D eigenvalue weighted by molar-refractivity contribution is 0.413. The Bertz CT molecular complexity index is 416. The Labute approximate surface area is 82.8 Å². The van der Waals surface area contributed by atoms with Crippen LogP contribution in [0.15, 0.2) is 12.3 Å². The summed E-state index contributed by atoms with van der Waals surface area (Å²) in [5.74, 6) is 0.475. The molecule has 0 aliphatic rings. The van der Waals surface area contributed by atoms with E-state index in [4.69, 9.17) is 4.18 Å². The average molecular weight is 217 g/mol. The Morgan fingerprint density at radius 2 is 2.07 bits per heavy atom. The summed E-state index contributed by atoms with van der Waals surface area (Å²) < 4.78 is 28.2. The highest BCUT2D eigenvalue weighted by atomic mass is 32.2. The molecule has 1 aromatic heterocycles. The second kappa shape index (κ2) is 3.89. The van der Waals surface area contributed by atoms with E-state index in [1.54, 1.807) is 6.92 Å². The van der Waals surface area contributed by atoms with Crippen molar-refractivity contribution in [2.24, 2.45) is 0 Å². The van der Waals surface area contributed by atoms with Gasteiger partial charge in [-0.1, -0.05) is 0 Å². The van der Waals surface area contributed by atoms with Crippen molar-refractivity contribution in [3.05, 3.63) is 18.1 Å². The minimum atomic E-state index is -3.72. The van der Waals surface area contributed by atoms with Crippen LogP contribution in [0.25, 0.3) is 0 Å². The SMILES string of the molecule is Cc1nccc(OS(=O)(=O)N(C)C)n1. The maximum Gasteiger partial charge on any atom is 0.386 e. The van der Waals surface area contributed by atoms with Crippen LogP contribution >= 0.6 is 0 Å². The molecule has 0 bridgehead atoms. The van der Waals surface area contributed by atoms with E-state index in [1.807, 2.05) is 0 Å². The molecule has 1 rings (SSSR count). The van der Waals surface area contributed by atoms with Crippen LogP contribution in [-0.4, -0.2) is 36.8 Å². The van der Waals surface area contributed by atoms with Gasteiger partial charge in [0.2, 0.25) is 5.88 Å². The Kier molecular flexibility index (Phi) is 3.02. The zero-order valence-corrected chi connectivity index (χ0v) is 8.95. The van der Waals surface area contributed by atoms with Crippen molar-refractivity contribution in [1.82, 2.24) is 14.3 Å². The quantitative estimate of drug-likeness (QED) is 0.711. The van der Waals surface area contributed by atoms with E-state index < -0.39 is 10.3 Å². The lowest BCUT2D eigenvalue weighted by atomic mass is 10.6. The molecule has 6 nitrogen and oxygen atoms in total. The molecule has 0 saturated heterocycles. The van der Waals surface area contributed by atoms with Gasteiger partial charge in [0.15, 0.2) is 0 Å². The summed E-state index contributed by atoms with van der Waals surface area (Å²) in [5, 5.41) is 0. The second-order valence-electron chi connectivity index (χ2n) is 2.77. The largest absolute Gasteiger partial charge is 0.386 e. The summed E-state index contributed by atoms with van der Waals surface area (Å²) >= 11 is 0. The maximum absolute atomic E-state index is 11.3. The van der Waals surface area contributed by atoms with Crippen molar-refractivity contribution in [3.8, 4) is 5.88 Å². The van der Waals surface area contributed by atoms with E-state index in [0.717, 1.165) is 4.31 Å². The third-order valence-electron chi connectivity index (χ3n) is 1.39. The van der Waals surface area contributed by atoms with Gasteiger partial charge in [0, 0.05) is 26.4 Å². The first kappa shape index (κ1) is 10.9. The third-order valence-corrected chi connectivity index (χ3v) is 2.66. The Morgan fingerprint density at radius 1 is 1.43 bits per heavy atom. The first-order valence-corrected chi connectivity index (χ1v) is 5.20. The van der Waals surface area contributed by atoms with Crippen molar-refractivity contribution in [3.63, 3.8) is 0 Å². The predicted octanol–water partition coefficient (Wildman–Crippen LogP) is -0.0298. The van der Waals surface area contributed by atoms with Gasteiger partial charge in [-0.05, 0) is 6.92 Å². The Morgan fingerprint density at radius 3 is 2.57 bits per heavy atom. The third kappa shape index (κ3) is 2.64. The predicted molar refractivity (Wildman–Crippen MR) is 50.0 cm³/mol. The van der Waals surface area contributed by atoms with E-state index in [1.165, 1.54) is 26.4 Å². The van der Waals surface area contributed by atoms with Crippen LogP contribution in [0.1, 0.15) is 5.82 Å². The highest BCUT2D eigenvalue weighted by molar-refractivity contribution is 7.84. The van der Waals surface area contributed by atoms with Gasteiger partial charge in [-0.3, -0.25) is 0 Å². The fraction of sp³-hybridized carbons (Fsp3) is 0.429. The van der Waals surface area contributed by atoms with Crippen molar-refractivity contribution in [2.75, 3.05) is 14.1 Å². The van der Waals surface area contributed by atoms with Crippen molar-refractivity contribution in [1.29, 1.82) is 0 Å². The molecule has 7 heteroatoms. The number of rotatable bonds is 3. The molecule has 1 aromatic rings. The van der Waals surface area contributed by atoms with Crippen molar-refractivity contribution >= 4 is 10.3 Å². The zero-order chi connectivity index (χ0) is 10.8. The first-order valence-electron chi connectivity index (χ1n) is 3.83. The molecular weight excluding hydrogens is 206 g/mol. The molecule has 0 amide bonds. The molecule has 0 saturated carbocycles. The topological polar surface area (TPSA) is 72.4 Å². The summed E-state index contributed by atoms with van der Waals surface area (Å²) in [5.41, 5.74) is 0. The summed E-state index contributed by atoms with van der Waals surface area (Å²) in [7, 11) is -0.968.